The average molecular weight is 244 g/mol. The average Bonchev–Trinajstić information content (AvgIpc) is 2.17. The summed E-state index contributed by atoms with van der Waals surface area (Å²) in [4.78, 5) is 10.7. The van der Waals surface area contributed by atoms with E-state index < -0.39 is 29.3 Å². The van der Waals surface area contributed by atoms with Crippen LogP contribution in [0.2, 0.25) is 0 Å². The lowest BCUT2D eigenvalue weighted by Gasteiger charge is -2.47. The van der Waals surface area contributed by atoms with Gasteiger partial charge in [-0.05, 0) is 0 Å². The van der Waals surface area contributed by atoms with E-state index in [2.05, 4.69) is 0 Å². The van der Waals surface area contributed by atoms with Crippen molar-refractivity contribution in [2.24, 2.45) is 11.8 Å². The van der Waals surface area contributed by atoms with Crippen molar-refractivity contribution in [2.45, 2.75) is 30.8 Å². The van der Waals surface area contributed by atoms with Gasteiger partial charge in [-0.3, -0.25) is 4.79 Å². The summed E-state index contributed by atoms with van der Waals surface area (Å²) < 4.78 is 25.7. The number of hydrogen-bond acceptors (Lipinski definition) is 2. The third kappa shape index (κ3) is 2.24. The Bertz CT molecular complexity index is 381. The minimum atomic E-state index is -2.72. The van der Waals surface area contributed by atoms with E-state index in [1.54, 1.807) is 18.2 Å². The molecule has 94 valence electrons. The SMILES string of the molecule is O=C(O)CC1C=CC=C[C@]1(O)C1CC(F)(F)C1. The summed E-state index contributed by atoms with van der Waals surface area (Å²) in [6.07, 6.45) is 5.23. The third-order valence-corrected chi connectivity index (χ3v) is 3.55. The molecule has 17 heavy (non-hydrogen) atoms. The first-order valence-corrected chi connectivity index (χ1v) is 5.51. The first-order chi connectivity index (χ1) is 7.83. The second-order valence-corrected chi connectivity index (χ2v) is 4.80. The van der Waals surface area contributed by atoms with E-state index in [4.69, 9.17) is 5.11 Å². The van der Waals surface area contributed by atoms with Crippen LogP contribution in [0, 0.1) is 11.8 Å². The molecule has 1 fully saturated rings. The van der Waals surface area contributed by atoms with E-state index in [9.17, 15) is 18.7 Å². The van der Waals surface area contributed by atoms with Crippen LogP contribution in [0.5, 0.6) is 0 Å². The predicted molar refractivity (Wildman–Crippen MR) is 56.6 cm³/mol. The summed E-state index contributed by atoms with van der Waals surface area (Å²) in [5, 5.41) is 19.2. The molecule has 3 nitrogen and oxygen atoms in total. The highest BCUT2D eigenvalue weighted by Crippen LogP contribution is 2.51. The van der Waals surface area contributed by atoms with Gasteiger partial charge in [0.1, 0.15) is 0 Å². The number of hydrogen-bond donors (Lipinski definition) is 2. The smallest absolute Gasteiger partial charge is 0.304 e. The van der Waals surface area contributed by atoms with Crippen molar-refractivity contribution < 1.29 is 23.8 Å². The normalized spacial score (nSPS) is 35.6. The van der Waals surface area contributed by atoms with Gasteiger partial charge in [-0.15, -0.1) is 0 Å². The molecule has 2 rings (SSSR count). The summed E-state index contributed by atoms with van der Waals surface area (Å²) >= 11 is 0. The number of allylic oxidation sites excluding steroid dienone is 2. The van der Waals surface area contributed by atoms with Gasteiger partial charge >= 0.3 is 5.97 Å². The van der Waals surface area contributed by atoms with Gasteiger partial charge in [-0.25, -0.2) is 8.78 Å². The van der Waals surface area contributed by atoms with Crippen LogP contribution in [0.25, 0.3) is 0 Å². The standard InChI is InChI=1S/C12H14F2O3/c13-11(14)6-9(7-11)12(17)4-2-1-3-8(12)5-10(15)16/h1-4,8-9,17H,5-7H2,(H,15,16)/t8?,12-/m1/s1. The number of carboxylic acids is 1. The van der Waals surface area contributed by atoms with Crippen molar-refractivity contribution in [1.82, 2.24) is 0 Å². The second kappa shape index (κ2) is 3.91. The largest absolute Gasteiger partial charge is 0.481 e. The van der Waals surface area contributed by atoms with Gasteiger partial charge in [0, 0.05) is 24.7 Å². The van der Waals surface area contributed by atoms with E-state index in [0.717, 1.165) is 0 Å². The molecule has 2 aliphatic carbocycles. The zero-order valence-electron chi connectivity index (χ0n) is 9.14. The Morgan fingerprint density at radius 2 is 2.00 bits per heavy atom. The van der Waals surface area contributed by atoms with Crippen molar-refractivity contribution in [1.29, 1.82) is 0 Å². The van der Waals surface area contributed by atoms with Crippen LogP contribution in [0.4, 0.5) is 8.78 Å². The van der Waals surface area contributed by atoms with Gasteiger partial charge < -0.3 is 10.2 Å². The molecule has 0 spiro atoms. The molecule has 2 aliphatic rings. The van der Waals surface area contributed by atoms with Crippen molar-refractivity contribution >= 4 is 5.97 Å². The number of carboxylic acid groups (broad SMARTS) is 1. The third-order valence-electron chi connectivity index (χ3n) is 3.55. The number of aliphatic carboxylic acids is 1. The Morgan fingerprint density at radius 3 is 2.53 bits per heavy atom. The Morgan fingerprint density at radius 1 is 1.35 bits per heavy atom. The Kier molecular flexibility index (Phi) is 2.81. The zero-order valence-corrected chi connectivity index (χ0v) is 9.14. The molecule has 0 aromatic rings. The fourth-order valence-electron chi connectivity index (χ4n) is 2.53. The molecule has 0 heterocycles. The monoisotopic (exact) mass is 244 g/mol. The molecule has 0 aromatic carbocycles. The second-order valence-electron chi connectivity index (χ2n) is 4.80. The molecule has 0 aromatic heterocycles. The first kappa shape index (κ1) is 12.2. The predicted octanol–water partition coefficient (Wildman–Crippen LogP) is 1.98. The highest BCUT2D eigenvalue weighted by molar-refractivity contribution is 5.68. The van der Waals surface area contributed by atoms with E-state index >= 15 is 0 Å². The van der Waals surface area contributed by atoms with Crippen LogP contribution in [0.15, 0.2) is 24.3 Å². The maximum Gasteiger partial charge on any atom is 0.304 e. The summed E-state index contributed by atoms with van der Waals surface area (Å²) in [5.41, 5.74) is -1.45. The topological polar surface area (TPSA) is 57.5 Å². The number of halogens is 2. The van der Waals surface area contributed by atoms with Crippen molar-refractivity contribution in [3.05, 3.63) is 24.3 Å². The molecule has 0 aliphatic heterocycles. The van der Waals surface area contributed by atoms with Crippen LogP contribution < -0.4 is 0 Å². The summed E-state index contributed by atoms with van der Waals surface area (Å²) in [6.45, 7) is 0. The van der Waals surface area contributed by atoms with Crippen LogP contribution in [0.3, 0.4) is 0 Å². The zero-order chi connectivity index (χ0) is 12.7. The molecule has 1 unspecified atom stereocenters. The van der Waals surface area contributed by atoms with Gasteiger partial charge in [0.2, 0.25) is 5.92 Å². The van der Waals surface area contributed by atoms with E-state index in [0.29, 0.717) is 0 Å². The van der Waals surface area contributed by atoms with Gasteiger partial charge in [-0.2, -0.15) is 0 Å². The summed E-state index contributed by atoms with van der Waals surface area (Å²) in [7, 11) is 0. The van der Waals surface area contributed by atoms with Crippen LogP contribution in [0.1, 0.15) is 19.3 Å². The molecular weight excluding hydrogens is 230 g/mol. The van der Waals surface area contributed by atoms with Crippen LogP contribution in [-0.2, 0) is 4.79 Å². The van der Waals surface area contributed by atoms with Gasteiger partial charge in [-0.1, -0.05) is 24.3 Å². The van der Waals surface area contributed by atoms with Gasteiger partial charge in [0.25, 0.3) is 0 Å². The Hall–Kier alpha value is -1.23. The Balaban J connectivity index is 2.13. The molecule has 0 bridgehead atoms. The van der Waals surface area contributed by atoms with Crippen LogP contribution in [-0.4, -0.2) is 27.7 Å². The maximum absolute atomic E-state index is 12.8. The quantitative estimate of drug-likeness (QED) is 0.798. The summed E-state index contributed by atoms with van der Waals surface area (Å²) in [6, 6.07) is 0. The fourth-order valence-corrected chi connectivity index (χ4v) is 2.53. The molecule has 1 saturated carbocycles. The molecule has 0 saturated heterocycles. The van der Waals surface area contributed by atoms with Gasteiger partial charge in [0.05, 0.1) is 12.0 Å². The van der Waals surface area contributed by atoms with E-state index in [1.807, 2.05) is 0 Å². The molecule has 2 atom stereocenters. The van der Waals surface area contributed by atoms with Crippen molar-refractivity contribution in [3.63, 3.8) is 0 Å². The lowest BCUT2D eigenvalue weighted by Crippen LogP contribution is -2.53. The summed E-state index contributed by atoms with van der Waals surface area (Å²) in [5.74, 6) is -4.96. The molecule has 2 N–H and O–H groups in total. The van der Waals surface area contributed by atoms with Gasteiger partial charge in [0.15, 0.2) is 0 Å². The molecule has 0 radical (unpaired) electrons. The highest BCUT2D eigenvalue weighted by Gasteiger charge is 2.56. The van der Waals surface area contributed by atoms with E-state index in [1.165, 1.54) is 6.08 Å². The molecule has 0 amide bonds. The van der Waals surface area contributed by atoms with Crippen LogP contribution >= 0.6 is 0 Å². The lowest BCUT2D eigenvalue weighted by molar-refractivity contribution is -0.174. The number of alkyl halides is 2. The fraction of sp³-hybridized carbons (Fsp3) is 0.583. The molecular formula is C12H14F2O3. The number of aliphatic hydroxyl groups is 1. The van der Waals surface area contributed by atoms with Crippen molar-refractivity contribution in [2.75, 3.05) is 0 Å². The highest BCUT2D eigenvalue weighted by atomic mass is 19.3. The lowest BCUT2D eigenvalue weighted by atomic mass is 9.63. The van der Waals surface area contributed by atoms with Crippen molar-refractivity contribution in [3.8, 4) is 0 Å². The maximum atomic E-state index is 12.8. The first-order valence-electron chi connectivity index (χ1n) is 5.51. The minimum absolute atomic E-state index is 0.251. The minimum Gasteiger partial charge on any atom is -0.481 e. The molecule has 5 heteroatoms. The number of carbonyl (C=O) groups is 1. The van der Waals surface area contributed by atoms with E-state index in [-0.39, 0.29) is 19.3 Å². The Labute approximate surface area is 97.4 Å². The number of rotatable bonds is 3.